The normalized spacial score (nSPS) is 12.5. The molecule has 3 aromatic carbocycles. The largest absolute Gasteiger partial charge is 0.496 e. The second-order valence-electron chi connectivity index (χ2n) is 9.00. The Hall–Kier alpha value is -3.69. The highest BCUT2D eigenvalue weighted by atomic mass is 19.1. The van der Waals surface area contributed by atoms with Crippen LogP contribution in [0.15, 0.2) is 60.7 Å². The molecule has 0 aliphatic carbocycles. The van der Waals surface area contributed by atoms with Gasteiger partial charge in [-0.25, -0.2) is 8.78 Å². The zero-order valence-electron chi connectivity index (χ0n) is 21.8. The van der Waals surface area contributed by atoms with E-state index in [1.165, 1.54) is 31.3 Å². The number of hydrogen-bond donors (Lipinski definition) is 2. The first-order valence-corrected chi connectivity index (χ1v) is 12.3. The van der Waals surface area contributed by atoms with E-state index >= 15 is 0 Å². The molecule has 3 N–H and O–H groups in total. The molecule has 0 radical (unpaired) electrons. The average Bonchev–Trinajstić information content (AvgIpc) is 2.90. The number of rotatable bonds is 13. The van der Waals surface area contributed by atoms with Crippen molar-refractivity contribution in [3.8, 4) is 17.2 Å². The molecule has 0 aromatic heterocycles. The number of aryl methyl sites for hydroxylation is 1. The number of hydrogen-bond acceptors (Lipinski definition) is 6. The Bertz CT molecular complexity index is 1180. The second kappa shape index (κ2) is 13.7. The highest BCUT2D eigenvalue weighted by molar-refractivity contribution is 5.78. The predicted molar refractivity (Wildman–Crippen MR) is 140 cm³/mol. The predicted octanol–water partition coefficient (Wildman–Crippen LogP) is 3.88. The van der Waals surface area contributed by atoms with Gasteiger partial charge < -0.3 is 30.0 Å². The number of ether oxygens (including phenoxy) is 3. The van der Waals surface area contributed by atoms with Crippen LogP contribution < -0.4 is 19.9 Å². The van der Waals surface area contributed by atoms with E-state index in [2.05, 4.69) is 0 Å². The van der Waals surface area contributed by atoms with Gasteiger partial charge in [0.25, 0.3) is 5.91 Å². The number of halogens is 2. The van der Waals surface area contributed by atoms with E-state index in [0.717, 1.165) is 23.6 Å². The van der Waals surface area contributed by atoms with Crippen LogP contribution >= 0.6 is 0 Å². The summed E-state index contributed by atoms with van der Waals surface area (Å²) in [6, 6.07) is 15.0. The van der Waals surface area contributed by atoms with Crippen LogP contribution in [0.5, 0.6) is 17.2 Å². The molecule has 3 rings (SSSR count). The van der Waals surface area contributed by atoms with Gasteiger partial charge in [-0.05, 0) is 41.7 Å². The first-order chi connectivity index (χ1) is 18.2. The van der Waals surface area contributed by atoms with Gasteiger partial charge in [-0.1, -0.05) is 31.2 Å². The number of nitrogens with zero attached hydrogens (tertiary/aromatic N) is 1. The van der Waals surface area contributed by atoms with Crippen molar-refractivity contribution in [1.82, 2.24) is 4.90 Å². The van der Waals surface area contributed by atoms with Crippen LogP contribution in [0.1, 0.15) is 23.6 Å². The number of methoxy groups -OCH3 is 2. The van der Waals surface area contributed by atoms with E-state index in [9.17, 15) is 18.7 Å². The third-order valence-corrected chi connectivity index (χ3v) is 6.11. The van der Waals surface area contributed by atoms with Gasteiger partial charge in [0.2, 0.25) is 0 Å². The summed E-state index contributed by atoms with van der Waals surface area (Å²) < 4.78 is 43.4. The summed E-state index contributed by atoms with van der Waals surface area (Å²) in [5, 5.41) is 10.9. The number of aliphatic hydroxyl groups excluding tert-OH is 1. The molecule has 7 nitrogen and oxygen atoms in total. The molecule has 0 aliphatic rings. The molecule has 2 atom stereocenters. The van der Waals surface area contributed by atoms with Crippen molar-refractivity contribution in [2.45, 2.75) is 38.5 Å². The Kier molecular flexibility index (Phi) is 10.4. The first-order valence-electron chi connectivity index (χ1n) is 12.3. The summed E-state index contributed by atoms with van der Waals surface area (Å²) in [6.45, 7) is 1.85. The molecule has 204 valence electrons. The standard InChI is InChI=1S/C29H34F2N2O5/c1-4-19-6-5-7-20(8-19)16-33(17-28(34)27(32)11-21-9-22(30)12-23(31)10-21)29(35)18-38-26-14-24(36-2)13-25(15-26)37-3/h5-10,12-15,27-28,34H,4,11,16-18,32H2,1-3H3/t27-,28+/m0/s1. The minimum absolute atomic E-state index is 0.0311. The summed E-state index contributed by atoms with van der Waals surface area (Å²) in [4.78, 5) is 14.7. The zero-order valence-corrected chi connectivity index (χ0v) is 21.8. The molecule has 0 saturated heterocycles. The SMILES string of the molecule is CCc1cccc(CN(C[C@@H](O)[C@@H](N)Cc2cc(F)cc(F)c2)C(=O)COc2cc(OC)cc(OC)c2)c1. The molecule has 38 heavy (non-hydrogen) atoms. The van der Waals surface area contributed by atoms with Gasteiger partial charge in [0, 0.05) is 43.4 Å². The Labute approximate surface area is 221 Å². The van der Waals surface area contributed by atoms with Gasteiger partial charge in [-0.3, -0.25) is 4.79 Å². The number of carbonyl (C=O) groups excluding carboxylic acids is 1. The lowest BCUT2D eigenvalue weighted by atomic mass is 10.0. The third kappa shape index (κ3) is 8.43. The Morgan fingerprint density at radius 1 is 0.921 bits per heavy atom. The van der Waals surface area contributed by atoms with Crippen LogP contribution in [0, 0.1) is 11.6 Å². The lowest BCUT2D eigenvalue weighted by molar-refractivity contribution is -0.135. The van der Waals surface area contributed by atoms with E-state index in [4.69, 9.17) is 19.9 Å². The second-order valence-corrected chi connectivity index (χ2v) is 9.00. The molecule has 0 fully saturated rings. The van der Waals surface area contributed by atoms with E-state index < -0.39 is 23.8 Å². The van der Waals surface area contributed by atoms with E-state index in [0.29, 0.717) is 22.8 Å². The number of aliphatic hydroxyl groups is 1. The van der Waals surface area contributed by atoms with Crippen LogP contribution in [-0.2, 0) is 24.2 Å². The molecule has 0 saturated carbocycles. The van der Waals surface area contributed by atoms with Crippen LogP contribution in [0.2, 0.25) is 0 Å². The minimum Gasteiger partial charge on any atom is -0.496 e. The highest BCUT2D eigenvalue weighted by Crippen LogP contribution is 2.27. The number of nitrogens with two attached hydrogens (primary N) is 1. The van der Waals surface area contributed by atoms with Crippen molar-refractivity contribution < 1.29 is 32.9 Å². The minimum atomic E-state index is -1.16. The van der Waals surface area contributed by atoms with Gasteiger partial charge in [0.15, 0.2) is 6.61 Å². The fourth-order valence-electron chi connectivity index (χ4n) is 4.02. The van der Waals surface area contributed by atoms with Gasteiger partial charge in [-0.15, -0.1) is 0 Å². The Morgan fingerprint density at radius 3 is 2.13 bits per heavy atom. The molecule has 3 aromatic rings. The molecule has 0 spiro atoms. The van der Waals surface area contributed by atoms with E-state index in [-0.39, 0.29) is 32.0 Å². The molecule has 1 amide bonds. The summed E-state index contributed by atoms with van der Waals surface area (Å²) in [6.07, 6.45) is -0.291. The van der Waals surface area contributed by atoms with Crippen LogP contribution in [-0.4, -0.2) is 55.4 Å². The smallest absolute Gasteiger partial charge is 0.260 e. The molecule has 0 aliphatic heterocycles. The number of amides is 1. The molecular weight excluding hydrogens is 494 g/mol. The molecule has 0 bridgehead atoms. The summed E-state index contributed by atoms with van der Waals surface area (Å²) in [5.74, 6) is -0.420. The quantitative estimate of drug-likeness (QED) is 0.350. The monoisotopic (exact) mass is 528 g/mol. The van der Waals surface area contributed by atoms with Crippen molar-refractivity contribution in [2.75, 3.05) is 27.4 Å². The maximum absolute atomic E-state index is 13.6. The van der Waals surface area contributed by atoms with Crippen molar-refractivity contribution in [3.63, 3.8) is 0 Å². The maximum atomic E-state index is 13.6. The third-order valence-electron chi connectivity index (χ3n) is 6.11. The topological polar surface area (TPSA) is 94.3 Å². The molecule has 0 unspecified atom stereocenters. The van der Waals surface area contributed by atoms with Crippen LogP contribution in [0.4, 0.5) is 8.78 Å². The molecule has 0 heterocycles. The van der Waals surface area contributed by atoms with Crippen molar-refractivity contribution >= 4 is 5.91 Å². The summed E-state index contributed by atoms with van der Waals surface area (Å²) in [5.41, 5.74) is 8.49. The van der Waals surface area contributed by atoms with Crippen molar-refractivity contribution in [1.29, 1.82) is 0 Å². The van der Waals surface area contributed by atoms with Crippen LogP contribution in [0.25, 0.3) is 0 Å². The lowest BCUT2D eigenvalue weighted by Gasteiger charge is -2.28. The van der Waals surface area contributed by atoms with E-state index in [1.807, 2.05) is 31.2 Å². The fourth-order valence-corrected chi connectivity index (χ4v) is 4.02. The molecular formula is C29H34F2N2O5. The first kappa shape index (κ1) is 28.9. The Morgan fingerprint density at radius 2 is 1.53 bits per heavy atom. The summed E-state index contributed by atoms with van der Waals surface area (Å²) in [7, 11) is 3.03. The lowest BCUT2D eigenvalue weighted by Crippen LogP contribution is -2.47. The average molecular weight is 529 g/mol. The van der Waals surface area contributed by atoms with Crippen molar-refractivity contribution in [2.24, 2.45) is 5.73 Å². The van der Waals surface area contributed by atoms with Crippen molar-refractivity contribution in [3.05, 3.63) is 89.0 Å². The van der Waals surface area contributed by atoms with Gasteiger partial charge in [0.1, 0.15) is 28.9 Å². The van der Waals surface area contributed by atoms with E-state index in [1.54, 1.807) is 18.2 Å². The zero-order chi connectivity index (χ0) is 27.7. The highest BCUT2D eigenvalue weighted by Gasteiger charge is 2.24. The summed E-state index contributed by atoms with van der Waals surface area (Å²) >= 11 is 0. The van der Waals surface area contributed by atoms with Crippen LogP contribution in [0.3, 0.4) is 0 Å². The number of benzene rings is 3. The molecule has 9 heteroatoms. The van der Waals surface area contributed by atoms with Gasteiger partial charge in [-0.2, -0.15) is 0 Å². The number of carbonyl (C=O) groups is 1. The fraction of sp³-hybridized carbons (Fsp3) is 0.345. The Balaban J connectivity index is 1.75. The maximum Gasteiger partial charge on any atom is 0.260 e. The van der Waals surface area contributed by atoms with Gasteiger partial charge in [0.05, 0.1) is 20.3 Å². The van der Waals surface area contributed by atoms with Gasteiger partial charge >= 0.3 is 0 Å².